The van der Waals surface area contributed by atoms with E-state index in [0.717, 1.165) is 5.57 Å². The molecule has 1 unspecified atom stereocenters. The third-order valence-electron chi connectivity index (χ3n) is 2.31. The van der Waals surface area contributed by atoms with Crippen LogP contribution in [-0.4, -0.2) is 11.6 Å². The number of Topliss-reactive ketones (excluding diaryl/α,β-unsaturated/α-hetero) is 1. The summed E-state index contributed by atoms with van der Waals surface area (Å²) in [5, 5.41) is 0. The smallest absolute Gasteiger partial charge is 0.166 e. The maximum atomic E-state index is 11.8. The second-order valence-electron chi connectivity index (χ2n) is 4.76. The van der Waals surface area contributed by atoms with Crippen LogP contribution in [0.3, 0.4) is 0 Å². The molecule has 2 heteroatoms. The lowest BCUT2D eigenvalue weighted by Crippen LogP contribution is -2.30. The highest BCUT2D eigenvalue weighted by Crippen LogP contribution is 2.29. The molecule has 0 radical (unpaired) electrons. The van der Waals surface area contributed by atoms with E-state index in [1.165, 1.54) is 0 Å². The molecule has 0 bridgehead atoms. The highest BCUT2D eigenvalue weighted by atomic mass is 16.2. The summed E-state index contributed by atoms with van der Waals surface area (Å²) in [6.45, 7) is 7.47. The Balaban J connectivity index is 2.78. The Kier molecular flexibility index (Phi) is 2.42. The van der Waals surface area contributed by atoms with Crippen LogP contribution < -0.4 is 0 Å². The molecule has 0 aromatic heterocycles. The Morgan fingerprint density at radius 1 is 1.46 bits per heavy atom. The van der Waals surface area contributed by atoms with Gasteiger partial charge in [0.15, 0.2) is 5.78 Å². The van der Waals surface area contributed by atoms with Crippen molar-refractivity contribution < 1.29 is 9.59 Å². The van der Waals surface area contributed by atoms with Gasteiger partial charge in [0.2, 0.25) is 0 Å². The van der Waals surface area contributed by atoms with Crippen LogP contribution >= 0.6 is 0 Å². The molecule has 0 aliphatic heterocycles. The van der Waals surface area contributed by atoms with Crippen LogP contribution in [0.1, 0.15) is 34.1 Å². The van der Waals surface area contributed by atoms with E-state index >= 15 is 0 Å². The van der Waals surface area contributed by atoms with Gasteiger partial charge < -0.3 is 0 Å². The first-order chi connectivity index (χ1) is 5.82. The summed E-state index contributed by atoms with van der Waals surface area (Å²) >= 11 is 0. The second kappa shape index (κ2) is 3.09. The number of allylic oxidation sites excluding steroid dienone is 2. The first kappa shape index (κ1) is 10.2. The Morgan fingerprint density at radius 3 is 2.31 bits per heavy atom. The van der Waals surface area contributed by atoms with E-state index in [2.05, 4.69) is 0 Å². The summed E-state index contributed by atoms with van der Waals surface area (Å²) in [7, 11) is 0. The summed E-state index contributed by atoms with van der Waals surface area (Å²) in [5.74, 6) is -0.358. The van der Waals surface area contributed by atoms with Crippen LogP contribution in [0.25, 0.3) is 0 Å². The van der Waals surface area contributed by atoms with Crippen molar-refractivity contribution >= 4 is 11.6 Å². The average molecular weight is 180 g/mol. The highest BCUT2D eigenvalue weighted by Gasteiger charge is 2.36. The van der Waals surface area contributed by atoms with Gasteiger partial charge in [-0.25, -0.2) is 0 Å². The van der Waals surface area contributed by atoms with Crippen molar-refractivity contribution in [3.8, 4) is 0 Å². The van der Waals surface area contributed by atoms with Gasteiger partial charge in [0, 0.05) is 5.41 Å². The SMILES string of the molecule is CC1=CC(=O)C(C(=O)C(C)(C)C)C1. The van der Waals surface area contributed by atoms with E-state index in [0.29, 0.717) is 6.42 Å². The van der Waals surface area contributed by atoms with E-state index in [-0.39, 0.29) is 11.6 Å². The fourth-order valence-corrected chi connectivity index (χ4v) is 1.57. The maximum absolute atomic E-state index is 11.8. The van der Waals surface area contributed by atoms with E-state index in [1.807, 2.05) is 27.7 Å². The Hall–Kier alpha value is -0.920. The van der Waals surface area contributed by atoms with Crippen molar-refractivity contribution in [2.24, 2.45) is 11.3 Å². The number of hydrogen-bond donors (Lipinski definition) is 0. The summed E-state index contributed by atoms with van der Waals surface area (Å²) in [5.41, 5.74) is 0.617. The van der Waals surface area contributed by atoms with Crippen LogP contribution in [0.2, 0.25) is 0 Å². The molecule has 0 amide bonds. The molecule has 0 N–H and O–H groups in total. The zero-order chi connectivity index (χ0) is 10.2. The first-order valence-electron chi connectivity index (χ1n) is 4.57. The fraction of sp³-hybridized carbons (Fsp3) is 0.636. The molecule has 72 valence electrons. The van der Waals surface area contributed by atoms with Gasteiger partial charge >= 0.3 is 0 Å². The van der Waals surface area contributed by atoms with Gasteiger partial charge in [0.05, 0.1) is 5.92 Å². The number of carbonyl (C=O) groups is 2. The van der Waals surface area contributed by atoms with E-state index in [9.17, 15) is 9.59 Å². The standard InChI is InChI=1S/C11H16O2/c1-7-5-8(9(12)6-7)10(13)11(2,3)4/h6,8H,5H2,1-4H3. The van der Waals surface area contributed by atoms with Crippen LogP contribution in [-0.2, 0) is 9.59 Å². The molecule has 0 aromatic rings. The highest BCUT2D eigenvalue weighted by molar-refractivity contribution is 6.11. The van der Waals surface area contributed by atoms with Crippen molar-refractivity contribution in [3.63, 3.8) is 0 Å². The monoisotopic (exact) mass is 180 g/mol. The topological polar surface area (TPSA) is 34.1 Å². The van der Waals surface area contributed by atoms with Gasteiger partial charge in [-0.05, 0) is 19.4 Å². The molecular formula is C11H16O2. The first-order valence-corrected chi connectivity index (χ1v) is 4.57. The zero-order valence-electron chi connectivity index (χ0n) is 8.68. The summed E-state index contributed by atoms with van der Waals surface area (Å²) in [6.07, 6.45) is 2.21. The van der Waals surface area contributed by atoms with Crippen LogP contribution in [0.4, 0.5) is 0 Å². The minimum Gasteiger partial charge on any atom is -0.298 e. The third-order valence-corrected chi connectivity index (χ3v) is 2.31. The third kappa shape index (κ3) is 2.06. The van der Waals surface area contributed by atoms with Gasteiger partial charge in [-0.3, -0.25) is 9.59 Å². The van der Waals surface area contributed by atoms with Crippen LogP contribution in [0, 0.1) is 11.3 Å². The number of hydrogen-bond acceptors (Lipinski definition) is 2. The molecule has 1 aliphatic carbocycles. The molecule has 0 aromatic carbocycles. The van der Waals surface area contributed by atoms with Crippen molar-refractivity contribution in [2.75, 3.05) is 0 Å². The maximum Gasteiger partial charge on any atom is 0.166 e. The fourth-order valence-electron chi connectivity index (χ4n) is 1.57. The molecular weight excluding hydrogens is 164 g/mol. The van der Waals surface area contributed by atoms with Crippen molar-refractivity contribution in [2.45, 2.75) is 34.1 Å². The molecule has 0 fully saturated rings. The van der Waals surface area contributed by atoms with E-state index < -0.39 is 11.3 Å². The lowest BCUT2D eigenvalue weighted by molar-refractivity contribution is -0.135. The van der Waals surface area contributed by atoms with Crippen molar-refractivity contribution in [3.05, 3.63) is 11.6 Å². The Bertz CT molecular complexity index is 279. The average Bonchev–Trinajstić information content (AvgIpc) is 2.26. The number of ketones is 2. The normalized spacial score (nSPS) is 23.2. The summed E-state index contributed by atoms with van der Waals surface area (Å²) in [6, 6.07) is 0. The molecule has 2 nitrogen and oxygen atoms in total. The molecule has 0 saturated heterocycles. The van der Waals surface area contributed by atoms with E-state index in [1.54, 1.807) is 6.08 Å². The van der Waals surface area contributed by atoms with Gasteiger partial charge in [0.25, 0.3) is 0 Å². The Morgan fingerprint density at radius 2 is 2.00 bits per heavy atom. The van der Waals surface area contributed by atoms with Crippen molar-refractivity contribution in [1.29, 1.82) is 0 Å². The molecule has 13 heavy (non-hydrogen) atoms. The largest absolute Gasteiger partial charge is 0.298 e. The minimum absolute atomic E-state index is 0.0163. The summed E-state index contributed by atoms with van der Waals surface area (Å²) in [4.78, 5) is 23.1. The number of carbonyl (C=O) groups excluding carboxylic acids is 2. The molecule has 0 spiro atoms. The van der Waals surface area contributed by atoms with E-state index in [4.69, 9.17) is 0 Å². The lowest BCUT2D eigenvalue weighted by Gasteiger charge is -2.20. The second-order valence-corrected chi connectivity index (χ2v) is 4.76. The quantitative estimate of drug-likeness (QED) is 0.579. The van der Waals surface area contributed by atoms with Gasteiger partial charge in [0.1, 0.15) is 5.78 Å². The number of rotatable bonds is 1. The zero-order valence-corrected chi connectivity index (χ0v) is 8.68. The lowest BCUT2D eigenvalue weighted by atomic mass is 9.81. The summed E-state index contributed by atoms with van der Waals surface area (Å²) < 4.78 is 0. The molecule has 1 atom stereocenters. The molecule has 1 rings (SSSR count). The predicted molar refractivity (Wildman–Crippen MR) is 51.3 cm³/mol. The van der Waals surface area contributed by atoms with Gasteiger partial charge in [-0.15, -0.1) is 0 Å². The van der Waals surface area contributed by atoms with Crippen LogP contribution in [0.5, 0.6) is 0 Å². The molecule has 0 saturated carbocycles. The van der Waals surface area contributed by atoms with Crippen LogP contribution in [0.15, 0.2) is 11.6 Å². The van der Waals surface area contributed by atoms with Crippen molar-refractivity contribution in [1.82, 2.24) is 0 Å². The Labute approximate surface area is 79.0 Å². The minimum atomic E-state index is -0.404. The predicted octanol–water partition coefficient (Wildman–Crippen LogP) is 2.14. The molecule has 0 heterocycles. The van der Waals surface area contributed by atoms with Gasteiger partial charge in [-0.1, -0.05) is 26.3 Å². The molecule has 1 aliphatic rings. The van der Waals surface area contributed by atoms with Gasteiger partial charge in [-0.2, -0.15) is 0 Å².